The Kier molecular flexibility index (Phi) is 206. The van der Waals surface area contributed by atoms with Gasteiger partial charge in [0, 0.05) is 43.6 Å². The van der Waals surface area contributed by atoms with Crippen molar-refractivity contribution in [2.75, 3.05) is 0 Å². The maximum Gasteiger partial charge on any atom is 3.00 e. The fourth-order valence-electron chi connectivity index (χ4n) is 18.5. The molecule has 0 heterocycles. The molecule has 0 unspecified atom stereocenters. The summed E-state index contributed by atoms with van der Waals surface area (Å²) in [6.45, 7) is 15.9. The minimum absolute atomic E-state index is 0. The van der Waals surface area contributed by atoms with Crippen molar-refractivity contribution in [3.63, 3.8) is 0 Å². The molecule has 0 aliphatic heterocycles. The number of hydrogen-bond donors (Lipinski definition) is 4. The zero-order valence-electron chi connectivity index (χ0n) is 99.3. The van der Waals surface area contributed by atoms with Crippen molar-refractivity contribution in [1.29, 1.82) is 0 Å². The molecule has 0 amide bonds. The van der Waals surface area contributed by atoms with E-state index in [0.29, 0.717) is 25.7 Å². The van der Waals surface area contributed by atoms with Crippen LogP contribution in [0.2, 0.25) is 0 Å². The third-order valence-corrected chi connectivity index (χ3v) is 27.9. The molecule has 849 valence electrons. The number of carboxylic acid groups (broad SMARTS) is 7. The number of carbonyl (C=O) groups is 7. The van der Waals surface area contributed by atoms with E-state index >= 15 is 0 Å². The van der Waals surface area contributed by atoms with Gasteiger partial charge >= 0.3 is 187 Å². The Balaban J connectivity index is -0.000000128. The van der Waals surface area contributed by atoms with Crippen LogP contribution in [0.4, 0.5) is 0 Å². The van der Waals surface area contributed by atoms with Gasteiger partial charge in [-0.2, -0.15) is 0 Å². The molecule has 4 N–H and O–H groups in total. The number of aliphatic carboxylic acids is 7. The zero-order chi connectivity index (χ0) is 104. The van der Waals surface area contributed by atoms with Crippen LogP contribution in [0.25, 0.3) is 0 Å². The van der Waals surface area contributed by atoms with Gasteiger partial charge in [-0.05, 0) is 64.2 Å². The average Bonchev–Trinajstić information content (AvgIpc) is 1.11. The van der Waals surface area contributed by atoms with Gasteiger partial charge in [-0.1, -0.05) is 678 Å². The zero-order valence-corrected chi connectivity index (χ0v) is 112. The first kappa shape index (κ1) is 175. The van der Waals surface area contributed by atoms with Gasteiger partial charge in [0.25, 0.3) is 0 Å². The SMILES string of the molecule is CCCCCCCCCCCCCCCCCC(=O)O.CCCCCCCCCCCCCCCCCC(=O)O.CCCCCCCCCCCCCCCCCC(=O)O.CCCCCCCCCCCCCCCCCC(=O)O.CCCCCCCCCCCCCCCCCC(=O)[O-].CCCCCCCCCCCCCCCCCC(=O)[O-].CCCCCCCCCCCCCCCCCC(=O)[O-].[Al+3].[Ba+2].[Ca+2].[Cu+2].[Mg+2].[Zn+2]. The summed E-state index contributed by atoms with van der Waals surface area (Å²) in [5.74, 6) is -5.32. The Bertz CT molecular complexity index is 1900. The summed E-state index contributed by atoms with van der Waals surface area (Å²) in [5.41, 5.74) is 0. The fraction of sp³-hybridized carbons (Fsp3) is 0.944. The Morgan fingerprint density at radius 2 is 0.199 bits per heavy atom. The van der Waals surface area contributed by atoms with Crippen LogP contribution in [0.5, 0.6) is 0 Å². The van der Waals surface area contributed by atoms with Crippen molar-refractivity contribution in [3.05, 3.63) is 0 Å². The molecule has 0 saturated carbocycles. The minimum Gasteiger partial charge on any atom is -0.550 e. The van der Waals surface area contributed by atoms with Crippen LogP contribution in [-0.2, 0) is 70.1 Å². The first-order valence-corrected chi connectivity index (χ1v) is 62.9. The van der Waals surface area contributed by atoms with Crippen LogP contribution in [0.15, 0.2) is 0 Å². The summed E-state index contributed by atoms with van der Waals surface area (Å²) in [7, 11) is 0. The number of carbonyl (C=O) groups excluding carboxylic acids is 3. The van der Waals surface area contributed by atoms with Crippen molar-refractivity contribution in [1.82, 2.24) is 0 Å². The Morgan fingerprint density at radius 3 is 0.253 bits per heavy atom. The van der Waals surface area contributed by atoms with E-state index in [0.717, 1.165) is 89.9 Å². The second kappa shape index (κ2) is 172. The van der Waals surface area contributed by atoms with Gasteiger partial charge in [0.1, 0.15) is 0 Å². The molecule has 1 radical (unpaired) electrons. The fourth-order valence-corrected chi connectivity index (χ4v) is 18.5. The van der Waals surface area contributed by atoms with Gasteiger partial charge in [-0.15, -0.1) is 0 Å². The molecule has 0 aliphatic rings. The molecular weight excluding hydrogens is 2100 g/mol. The smallest absolute Gasteiger partial charge is 0.550 e. The average molecular weight is 2350 g/mol. The number of hydrogen-bond acceptors (Lipinski definition) is 10. The summed E-state index contributed by atoms with van der Waals surface area (Å²) >= 11 is 0. The Morgan fingerprint density at radius 1 is 0.144 bits per heavy atom. The first-order valence-electron chi connectivity index (χ1n) is 62.9. The van der Waals surface area contributed by atoms with Crippen molar-refractivity contribution >= 4 is 169 Å². The van der Waals surface area contributed by atoms with Crippen molar-refractivity contribution in [2.45, 2.75) is 768 Å². The first-order chi connectivity index (χ1) is 68.4. The monoisotopic (exact) mass is 2340 g/mol. The van der Waals surface area contributed by atoms with Gasteiger partial charge in [0.2, 0.25) is 0 Å². The predicted octanol–water partition coefficient (Wildman–Crippen LogP) is 38.8. The van der Waals surface area contributed by atoms with E-state index in [1.165, 1.54) is 584 Å². The van der Waals surface area contributed by atoms with Crippen LogP contribution >= 0.6 is 0 Å². The molecule has 0 spiro atoms. The largest absolute Gasteiger partial charge is 3.00 e. The van der Waals surface area contributed by atoms with Crippen molar-refractivity contribution in [2.24, 2.45) is 0 Å². The molecule has 146 heavy (non-hydrogen) atoms. The standard InChI is InChI=1S/7C18H36O2.Al.Ba.Ca.Cu.Mg.Zn/c7*1-2-3-4-5-6-7-8-9-10-11-12-13-14-15-16-17-18(19)20;;;;;;/h7*2-17H2,1H3,(H,19,20);;;;;;/q;;;;;;;+3;5*+2/p-3. The molecule has 0 aromatic carbocycles. The number of carboxylic acids is 7. The number of unbranched alkanes of at least 4 members (excludes halogenated alkanes) is 98. The van der Waals surface area contributed by atoms with E-state index in [-0.39, 0.29) is 183 Å². The van der Waals surface area contributed by atoms with E-state index in [4.69, 9.17) is 20.4 Å². The minimum atomic E-state index is -0.903. The van der Waals surface area contributed by atoms with Gasteiger partial charge < -0.3 is 50.1 Å². The molecule has 0 saturated heterocycles. The second-order valence-corrected chi connectivity index (χ2v) is 42.6. The molecule has 0 fully saturated rings. The second-order valence-electron chi connectivity index (χ2n) is 42.6. The molecular formula is C126H249AlBaCaCuMgO14Zn+10. The normalized spacial score (nSPS) is 10.4. The molecule has 0 aliphatic carbocycles. The van der Waals surface area contributed by atoms with Gasteiger partial charge in [0.15, 0.2) is 0 Å². The van der Waals surface area contributed by atoms with Crippen LogP contribution in [-0.4, -0.2) is 189 Å². The molecule has 0 bridgehead atoms. The number of rotatable bonds is 112. The topological polar surface area (TPSA) is 270 Å². The van der Waals surface area contributed by atoms with Gasteiger partial charge in [0.05, 0.1) is 0 Å². The van der Waals surface area contributed by atoms with E-state index < -0.39 is 41.8 Å². The molecule has 0 aromatic rings. The molecule has 0 rings (SSSR count). The van der Waals surface area contributed by atoms with Crippen molar-refractivity contribution in [3.8, 4) is 0 Å². The maximum absolute atomic E-state index is 10.3. The van der Waals surface area contributed by atoms with Crippen LogP contribution in [0.3, 0.4) is 0 Å². The predicted molar refractivity (Wildman–Crippen MR) is 625 cm³/mol. The summed E-state index contributed by atoms with van der Waals surface area (Å²) in [6, 6.07) is 0. The van der Waals surface area contributed by atoms with Crippen LogP contribution < -0.4 is 15.3 Å². The third kappa shape index (κ3) is 209. The summed E-state index contributed by atoms with van der Waals surface area (Å²) in [6.07, 6.45) is 140. The Hall–Kier alpha value is 1.56. The van der Waals surface area contributed by atoms with Crippen LogP contribution in [0, 0.1) is 0 Å². The molecule has 14 nitrogen and oxygen atoms in total. The van der Waals surface area contributed by atoms with E-state index in [9.17, 15) is 48.9 Å². The molecule has 0 aromatic heterocycles. The van der Waals surface area contributed by atoms with Gasteiger partial charge in [-0.25, -0.2) is 0 Å². The maximum atomic E-state index is 10.3. The van der Waals surface area contributed by atoms with E-state index in [1.807, 2.05) is 0 Å². The Labute approximate surface area is 1030 Å². The molecule has 20 heteroatoms. The van der Waals surface area contributed by atoms with Gasteiger partial charge in [-0.3, -0.25) is 19.2 Å². The summed E-state index contributed by atoms with van der Waals surface area (Å²) in [5, 5.41) is 64.7. The van der Waals surface area contributed by atoms with E-state index in [2.05, 4.69) is 48.5 Å². The van der Waals surface area contributed by atoms with Crippen molar-refractivity contribution < 1.29 is 106 Å². The molecule has 0 atom stereocenters. The van der Waals surface area contributed by atoms with E-state index in [1.54, 1.807) is 0 Å². The quantitative estimate of drug-likeness (QED) is 0.0326. The summed E-state index contributed by atoms with van der Waals surface area (Å²) in [4.78, 5) is 72.0. The summed E-state index contributed by atoms with van der Waals surface area (Å²) < 4.78 is 0. The third-order valence-electron chi connectivity index (χ3n) is 27.9. The van der Waals surface area contributed by atoms with Crippen LogP contribution in [0.1, 0.15) is 768 Å².